The van der Waals surface area contributed by atoms with Crippen molar-refractivity contribution in [3.05, 3.63) is 41.1 Å². The van der Waals surface area contributed by atoms with Crippen molar-refractivity contribution in [1.29, 1.82) is 0 Å². The monoisotopic (exact) mass is 359 g/mol. The summed E-state index contributed by atoms with van der Waals surface area (Å²) in [6.07, 6.45) is 0. The van der Waals surface area contributed by atoms with Gasteiger partial charge in [-0.1, -0.05) is 17.9 Å². The first kappa shape index (κ1) is 19.5. The number of methoxy groups -OCH3 is 2. The van der Waals surface area contributed by atoms with Gasteiger partial charge in [-0.2, -0.15) is 0 Å². The molecule has 1 N–H and O–H groups in total. The Labute approximate surface area is 152 Å². The standard InChI is InChI=1S/C19H21NO6/c1-19(2,23)9-8-13-6-5-7-14(10-13)20-12-26-11-15(17(21)24-3)16(20)18(22)25-4/h5-7,10,23H,11-12H2,1-4H3. The number of aliphatic hydroxyl groups is 1. The van der Waals surface area contributed by atoms with E-state index in [2.05, 4.69) is 11.8 Å². The van der Waals surface area contributed by atoms with Crippen LogP contribution < -0.4 is 4.90 Å². The number of anilines is 1. The first-order valence-electron chi connectivity index (χ1n) is 7.87. The lowest BCUT2D eigenvalue weighted by atomic mass is 10.1. The van der Waals surface area contributed by atoms with E-state index in [-0.39, 0.29) is 24.6 Å². The number of rotatable bonds is 3. The van der Waals surface area contributed by atoms with E-state index >= 15 is 0 Å². The van der Waals surface area contributed by atoms with Crippen molar-refractivity contribution in [2.24, 2.45) is 0 Å². The molecule has 138 valence electrons. The molecule has 1 heterocycles. The zero-order chi connectivity index (χ0) is 19.3. The third-order valence-electron chi connectivity index (χ3n) is 3.50. The van der Waals surface area contributed by atoms with Crippen LogP contribution in [-0.2, 0) is 23.8 Å². The van der Waals surface area contributed by atoms with Crippen LogP contribution in [0.2, 0.25) is 0 Å². The van der Waals surface area contributed by atoms with Gasteiger partial charge in [-0.05, 0) is 32.0 Å². The SMILES string of the molecule is COC(=O)C1=C(C(=O)OC)N(c2cccc(C#CC(C)(C)O)c2)COC1. The van der Waals surface area contributed by atoms with Crippen molar-refractivity contribution in [1.82, 2.24) is 0 Å². The molecule has 7 nitrogen and oxygen atoms in total. The van der Waals surface area contributed by atoms with Gasteiger partial charge in [0.25, 0.3) is 0 Å². The van der Waals surface area contributed by atoms with E-state index in [0.717, 1.165) is 0 Å². The van der Waals surface area contributed by atoms with Crippen LogP contribution in [0.1, 0.15) is 19.4 Å². The fourth-order valence-corrected chi connectivity index (χ4v) is 2.32. The Morgan fingerprint density at radius 3 is 2.54 bits per heavy atom. The third kappa shape index (κ3) is 4.63. The summed E-state index contributed by atoms with van der Waals surface area (Å²) in [5.41, 5.74) is 0.254. The average molecular weight is 359 g/mol. The molecule has 0 aliphatic carbocycles. The lowest BCUT2D eigenvalue weighted by Crippen LogP contribution is -2.38. The van der Waals surface area contributed by atoms with Crippen molar-refractivity contribution < 1.29 is 28.9 Å². The van der Waals surface area contributed by atoms with Gasteiger partial charge in [0.2, 0.25) is 0 Å². The minimum absolute atomic E-state index is 0.0498. The number of ether oxygens (including phenoxy) is 3. The van der Waals surface area contributed by atoms with Gasteiger partial charge < -0.3 is 24.2 Å². The largest absolute Gasteiger partial charge is 0.466 e. The van der Waals surface area contributed by atoms with Crippen LogP contribution in [0.15, 0.2) is 35.5 Å². The maximum absolute atomic E-state index is 12.3. The molecule has 0 unspecified atom stereocenters. The van der Waals surface area contributed by atoms with Gasteiger partial charge in [0.05, 0.1) is 26.4 Å². The van der Waals surface area contributed by atoms with E-state index in [1.165, 1.54) is 19.1 Å². The van der Waals surface area contributed by atoms with Crippen molar-refractivity contribution in [2.75, 3.05) is 32.5 Å². The Morgan fingerprint density at radius 1 is 1.23 bits per heavy atom. The van der Waals surface area contributed by atoms with Gasteiger partial charge in [0.1, 0.15) is 18.0 Å². The second-order valence-corrected chi connectivity index (χ2v) is 6.08. The maximum Gasteiger partial charge on any atom is 0.355 e. The van der Waals surface area contributed by atoms with Crippen LogP contribution in [-0.4, -0.2) is 50.2 Å². The number of hydrogen-bond donors (Lipinski definition) is 1. The van der Waals surface area contributed by atoms with Crippen molar-refractivity contribution in [2.45, 2.75) is 19.4 Å². The van der Waals surface area contributed by atoms with Crippen LogP contribution in [0.25, 0.3) is 0 Å². The van der Waals surface area contributed by atoms with Gasteiger partial charge in [0, 0.05) is 11.3 Å². The molecule has 0 saturated heterocycles. The quantitative estimate of drug-likeness (QED) is 0.641. The highest BCUT2D eigenvalue weighted by Gasteiger charge is 2.32. The maximum atomic E-state index is 12.3. The smallest absolute Gasteiger partial charge is 0.355 e. The number of benzene rings is 1. The summed E-state index contributed by atoms with van der Waals surface area (Å²) >= 11 is 0. The topological polar surface area (TPSA) is 85.3 Å². The van der Waals surface area contributed by atoms with Crippen LogP contribution >= 0.6 is 0 Å². The Kier molecular flexibility index (Phi) is 6.03. The van der Waals surface area contributed by atoms with Crippen molar-refractivity contribution in [3.63, 3.8) is 0 Å². The highest BCUT2D eigenvalue weighted by molar-refractivity contribution is 6.03. The predicted molar refractivity (Wildman–Crippen MR) is 94.0 cm³/mol. The molecule has 2 rings (SSSR count). The molecule has 0 radical (unpaired) electrons. The van der Waals surface area contributed by atoms with E-state index in [1.54, 1.807) is 38.1 Å². The van der Waals surface area contributed by atoms with Gasteiger partial charge in [-0.15, -0.1) is 0 Å². The minimum atomic E-state index is -1.13. The van der Waals surface area contributed by atoms with Gasteiger partial charge >= 0.3 is 11.9 Å². The molecule has 0 fully saturated rings. The molecule has 0 bridgehead atoms. The van der Waals surface area contributed by atoms with Crippen molar-refractivity contribution in [3.8, 4) is 11.8 Å². The molecule has 0 amide bonds. The zero-order valence-electron chi connectivity index (χ0n) is 15.2. The van der Waals surface area contributed by atoms with E-state index < -0.39 is 17.5 Å². The number of carbonyl (C=O) groups excluding carboxylic acids is 2. The molecule has 0 saturated carbocycles. The summed E-state index contributed by atoms with van der Waals surface area (Å²) in [5.74, 6) is 4.28. The summed E-state index contributed by atoms with van der Waals surface area (Å²) in [6.45, 7) is 3.19. The summed E-state index contributed by atoms with van der Waals surface area (Å²) < 4.78 is 15.0. The lowest BCUT2D eigenvalue weighted by molar-refractivity contribution is -0.140. The summed E-state index contributed by atoms with van der Waals surface area (Å²) in [4.78, 5) is 25.8. The van der Waals surface area contributed by atoms with Crippen LogP contribution in [0.3, 0.4) is 0 Å². The van der Waals surface area contributed by atoms with Crippen LogP contribution in [0.4, 0.5) is 5.69 Å². The second-order valence-electron chi connectivity index (χ2n) is 6.08. The lowest BCUT2D eigenvalue weighted by Gasteiger charge is -2.31. The van der Waals surface area contributed by atoms with E-state index in [9.17, 15) is 14.7 Å². The first-order chi connectivity index (χ1) is 12.3. The number of esters is 2. The molecule has 1 aliphatic heterocycles. The van der Waals surface area contributed by atoms with Gasteiger partial charge in [-0.3, -0.25) is 0 Å². The molecule has 7 heteroatoms. The third-order valence-corrected chi connectivity index (χ3v) is 3.50. The molecule has 26 heavy (non-hydrogen) atoms. The molecule has 0 aromatic heterocycles. The second kappa shape index (κ2) is 8.04. The van der Waals surface area contributed by atoms with Crippen molar-refractivity contribution >= 4 is 17.6 Å². The zero-order valence-corrected chi connectivity index (χ0v) is 15.2. The Balaban J connectivity index is 2.50. The van der Waals surface area contributed by atoms with E-state index in [1.807, 2.05) is 0 Å². The summed E-state index contributed by atoms with van der Waals surface area (Å²) in [7, 11) is 2.47. The normalized spacial score (nSPS) is 14.4. The van der Waals surface area contributed by atoms with Gasteiger partial charge in [-0.25, -0.2) is 9.59 Å². The molecular weight excluding hydrogens is 338 g/mol. The van der Waals surface area contributed by atoms with Gasteiger partial charge in [0.15, 0.2) is 0 Å². The Morgan fingerprint density at radius 2 is 1.92 bits per heavy atom. The Bertz CT molecular complexity index is 794. The summed E-state index contributed by atoms with van der Waals surface area (Å²) in [5, 5.41) is 9.74. The highest BCUT2D eigenvalue weighted by atomic mass is 16.5. The molecule has 1 aromatic carbocycles. The highest BCUT2D eigenvalue weighted by Crippen LogP contribution is 2.27. The van der Waals surface area contributed by atoms with E-state index in [0.29, 0.717) is 11.3 Å². The Hall–Kier alpha value is -2.82. The van der Waals surface area contributed by atoms with E-state index in [4.69, 9.17) is 14.2 Å². The fourth-order valence-electron chi connectivity index (χ4n) is 2.32. The first-order valence-corrected chi connectivity index (χ1v) is 7.87. The minimum Gasteiger partial charge on any atom is -0.466 e. The number of nitrogens with zero attached hydrogens (tertiary/aromatic N) is 1. The summed E-state index contributed by atoms with van der Waals surface area (Å²) in [6, 6.07) is 7.01. The molecule has 1 aliphatic rings. The molecule has 0 atom stereocenters. The van der Waals surface area contributed by atoms with Crippen LogP contribution in [0.5, 0.6) is 0 Å². The average Bonchev–Trinajstić information content (AvgIpc) is 2.64. The number of carbonyl (C=O) groups is 2. The fraction of sp³-hybridized carbons (Fsp3) is 0.368. The molecule has 1 aromatic rings. The predicted octanol–water partition coefficient (Wildman–Crippen LogP) is 1.20. The molecule has 0 spiro atoms. The molecular formula is C19H21NO6. The van der Waals surface area contributed by atoms with Crippen LogP contribution in [0, 0.1) is 11.8 Å². The number of hydrogen-bond acceptors (Lipinski definition) is 7.